The Bertz CT molecular complexity index is 834. The van der Waals surface area contributed by atoms with E-state index in [0.29, 0.717) is 0 Å². The van der Waals surface area contributed by atoms with Crippen LogP contribution in [-0.2, 0) is 6.42 Å². The van der Waals surface area contributed by atoms with E-state index in [9.17, 15) is 4.39 Å². The van der Waals surface area contributed by atoms with Crippen LogP contribution < -0.4 is 10.2 Å². The number of hydrogen-bond acceptors (Lipinski definition) is 4. The van der Waals surface area contributed by atoms with Crippen LogP contribution in [0, 0.1) is 12.7 Å². The van der Waals surface area contributed by atoms with Gasteiger partial charge in [-0.1, -0.05) is 30.3 Å². The van der Waals surface area contributed by atoms with E-state index >= 15 is 0 Å². The Labute approximate surface area is 153 Å². The van der Waals surface area contributed by atoms with E-state index in [2.05, 4.69) is 39.2 Å². The first-order valence-corrected chi connectivity index (χ1v) is 8.82. The van der Waals surface area contributed by atoms with E-state index in [-0.39, 0.29) is 5.82 Å². The van der Waals surface area contributed by atoms with E-state index in [1.54, 1.807) is 0 Å². The second-order valence-corrected chi connectivity index (χ2v) is 6.04. The number of benzene rings is 2. The topological polar surface area (TPSA) is 41.0 Å². The Balaban J connectivity index is 1.71. The van der Waals surface area contributed by atoms with Gasteiger partial charge in [0.05, 0.1) is 0 Å². The summed E-state index contributed by atoms with van der Waals surface area (Å²) in [6, 6.07) is 18.7. The van der Waals surface area contributed by atoms with Crippen molar-refractivity contribution in [3.63, 3.8) is 0 Å². The molecule has 3 aromatic rings. The molecule has 5 heteroatoms. The molecule has 2 aromatic carbocycles. The number of aromatic nitrogens is 2. The first-order chi connectivity index (χ1) is 12.7. The maximum Gasteiger partial charge on any atom is 0.138 e. The number of halogens is 1. The third kappa shape index (κ3) is 4.57. The van der Waals surface area contributed by atoms with Crippen molar-refractivity contribution >= 4 is 17.3 Å². The molecule has 0 unspecified atom stereocenters. The van der Waals surface area contributed by atoms with Crippen molar-refractivity contribution in [2.24, 2.45) is 0 Å². The normalized spacial score (nSPS) is 10.6. The fourth-order valence-corrected chi connectivity index (χ4v) is 2.85. The van der Waals surface area contributed by atoms with E-state index in [1.165, 1.54) is 12.1 Å². The number of aryl methyl sites for hydroxylation is 1. The fraction of sp³-hybridized carbons (Fsp3) is 0.238. The highest BCUT2D eigenvalue weighted by atomic mass is 19.1. The van der Waals surface area contributed by atoms with Gasteiger partial charge in [0.25, 0.3) is 0 Å². The maximum absolute atomic E-state index is 13.0. The van der Waals surface area contributed by atoms with Crippen LogP contribution in [0.2, 0.25) is 0 Å². The number of hydrogen-bond donors (Lipinski definition) is 1. The van der Waals surface area contributed by atoms with Crippen LogP contribution in [0.5, 0.6) is 0 Å². The van der Waals surface area contributed by atoms with Gasteiger partial charge >= 0.3 is 0 Å². The monoisotopic (exact) mass is 350 g/mol. The minimum absolute atomic E-state index is 0.210. The number of para-hydroxylation sites is 1. The zero-order chi connectivity index (χ0) is 18.4. The minimum Gasteiger partial charge on any atom is -0.370 e. The fourth-order valence-electron chi connectivity index (χ4n) is 2.85. The molecule has 0 spiro atoms. The summed E-state index contributed by atoms with van der Waals surface area (Å²) in [7, 11) is 0. The van der Waals surface area contributed by atoms with Gasteiger partial charge < -0.3 is 10.2 Å². The molecule has 1 aromatic heterocycles. The van der Waals surface area contributed by atoms with E-state index in [0.717, 1.165) is 48.2 Å². The van der Waals surface area contributed by atoms with Gasteiger partial charge in [-0.25, -0.2) is 14.4 Å². The molecule has 0 saturated carbocycles. The first kappa shape index (κ1) is 17.9. The molecule has 0 aliphatic heterocycles. The van der Waals surface area contributed by atoms with Gasteiger partial charge in [-0.3, -0.25) is 0 Å². The number of anilines is 3. The van der Waals surface area contributed by atoms with Crippen LogP contribution in [-0.4, -0.2) is 23.1 Å². The van der Waals surface area contributed by atoms with Gasteiger partial charge in [0.1, 0.15) is 23.3 Å². The standard InChI is InChI=1S/C21H23FN4/c1-3-26(19-7-5-4-6-8-19)21-15-20(24-16(2)25-21)23-14-13-17-9-11-18(22)12-10-17/h4-12,15H,3,13-14H2,1-2H3,(H,23,24,25). The second kappa shape index (κ2) is 8.43. The lowest BCUT2D eigenvalue weighted by atomic mass is 10.1. The zero-order valence-electron chi connectivity index (χ0n) is 15.1. The van der Waals surface area contributed by atoms with E-state index < -0.39 is 0 Å². The van der Waals surface area contributed by atoms with Gasteiger partial charge in [-0.15, -0.1) is 0 Å². The largest absolute Gasteiger partial charge is 0.370 e. The van der Waals surface area contributed by atoms with Crippen LogP contribution >= 0.6 is 0 Å². The SMILES string of the molecule is CCN(c1ccccc1)c1cc(NCCc2ccc(F)cc2)nc(C)n1. The first-order valence-electron chi connectivity index (χ1n) is 8.82. The van der Waals surface area contributed by atoms with Crippen molar-refractivity contribution in [3.8, 4) is 0 Å². The molecule has 0 amide bonds. The Morgan fingerprint density at radius 2 is 1.73 bits per heavy atom. The number of rotatable bonds is 7. The van der Waals surface area contributed by atoms with Crippen LogP contribution in [0.25, 0.3) is 0 Å². The summed E-state index contributed by atoms with van der Waals surface area (Å²) in [6.07, 6.45) is 0.800. The molecule has 26 heavy (non-hydrogen) atoms. The van der Waals surface area contributed by atoms with Crippen molar-refractivity contribution in [1.82, 2.24) is 9.97 Å². The highest BCUT2D eigenvalue weighted by Crippen LogP contribution is 2.24. The van der Waals surface area contributed by atoms with Crippen molar-refractivity contribution in [2.75, 3.05) is 23.3 Å². The van der Waals surface area contributed by atoms with Gasteiger partial charge in [0.15, 0.2) is 0 Å². The minimum atomic E-state index is -0.210. The third-order valence-corrected chi connectivity index (χ3v) is 4.12. The Morgan fingerprint density at radius 3 is 2.42 bits per heavy atom. The maximum atomic E-state index is 13.0. The predicted molar refractivity (Wildman–Crippen MR) is 104 cm³/mol. The molecule has 3 rings (SSSR count). The highest BCUT2D eigenvalue weighted by Gasteiger charge is 2.11. The lowest BCUT2D eigenvalue weighted by Crippen LogP contribution is -2.18. The summed E-state index contributed by atoms with van der Waals surface area (Å²) >= 11 is 0. The lowest BCUT2D eigenvalue weighted by molar-refractivity contribution is 0.627. The number of nitrogens with one attached hydrogen (secondary N) is 1. The van der Waals surface area contributed by atoms with Crippen LogP contribution in [0.15, 0.2) is 60.7 Å². The highest BCUT2D eigenvalue weighted by molar-refractivity contribution is 5.62. The summed E-state index contributed by atoms with van der Waals surface area (Å²) < 4.78 is 13.0. The van der Waals surface area contributed by atoms with Crippen molar-refractivity contribution in [1.29, 1.82) is 0 Å². The Kier molecular flexibility index (Phi) is 5.79. The number of nitrogens with zero attached hydrogens (tertiary/aromatic N) is 3. The van der Waals surface area contributed by atoms with Gasteiger partial charge in [-0.2, -0.15) is 0 Å². The summed E-state index contributed by atoms with van der Waals surface area (Å²) in [5, 5.41) is 3.35. The van der Waals surface area contributed by atoms with Gasteiger partial charge in [0, 0.05) is 24.8 Å². The van der Waals surface area contributed by atoms with Crippen LogP contribution in [0.1, 0.15) is 18.3 Å². The average Bonchev–Trinajstić information content (AvgIpc) is 2.65. The Hall–Kier alpha value is -2.95. The predicted octanol–water partition coefficient (Wildman–Crippen LogP) is 4.74. The molecule has 0 saturated heterocycles. The summed E-state index contributed by atoms with van der Waals surface area (Å²) in [6.45, 7) is 5.54. The molecule has 0 bridgehead atoms. The molecule has 134 valence electrons. The van der Waals surface area contributed by atoms with E-state index in [1.807, 2.05) is 43.3 Å². The molecular formula is C21H23FN4. The molecule has 1 heterocycles. The van der Waals surface area contributed by atoms with Gasteiger partial charge in [0.2, 0.25) is 0 Å². The molecule has 0 aliphatic carbocycles. The second-order valence-electron chi connectivity index (χ2n) is 6.04. The summed E-state index contributed by atoms with van der Waals surface area (Å²) in [4.78, 5) is 11.2. The quantitative estimate of drug-likeness (QED) is 0.668. The molecule has 0 aliphatic rings. The molecule has 0 fully saturated rings. The summed E-state index contributed by atoms with van der Waals surface area (Å²) in [5.74, 6) is 2.18. The van der Waals surface area contributed by atoms with Gasteiger partial charge in [-0.05, 0) is 50.1 Å². The van der Waals surface area contributed by atoms with Crippen molar-refractivity contribution in [3.05, 3.63) is 77.9 Å². The molecule has 0 atom stereocenters. The molecule has 4 nitrogen and oxygen atoms in total. The smallest absolute Gasteiger partial charge is 0.138 e. The third-order valence-electron chi connectivity index (χ3n) is 4.12. The van der Waals surface area contributed by atoms with Crippen molar-refractivity contribution < 1.29 is 4.39 Å². The molecule has 0 radical (unpaired) electrons. The summed E-state index contributed by atoms with van der Waals surface area (Å²) in [5.41, 5.74) is 2.19. The zero-order valence-corrected chi connectivity index (χ0v) is 15.1. The van der Waals surface area contributed by atoms with Crippen LogP contribution in [0.4, 0.5) is 21.7 Å². The molecule has 1 N–H and O–H groups in total. The average molecular weight is 350 g/mol. The Morgan fingerprint density at radius 1 is 1.00 bits per heavy atom. The lowest BCUT2D eigenvalue weighted by Gasteiger charge is -2.23. The van der Waals surface area contributed by atoms with Crippen LogP contribution in [0.3, 0.4) is 0 Å². The van der Waals surface area contributed by atoms with Crippen molar-refractivity contribution in [2.45, 2.75) is 20.3 Å². The van der Waals surface area contributed by atoms with E-state index in [4.69, 9.17) is 0 Å². The molecular weight excluding hydrogens is 327 g/mol.